The highest BCUT2D eigenvalue weighted by Gasteiger charge is 2.41. The van der Waals surface area contributed by atoms with E-state index in [2.05, 4.69) is 4.74 Å². The second kappa shape index (κ2) is 6.27. The number of benzene rings is 2. The van der Waals surface area contributed by atoms with Crippen LogP contribution < -0.4 is 4.74 Å². The number of hydrogen-bond donors (Lipinski definition) is 0. The molecule has 0 bridgehead atoms. The van der Waals surface area contributed by atoms with Crippen LogP contribution in [-0.4, -0.2) is 28.2 Å². The van der Waals surface area contributed by atoms with Crippen molar-refractivity contribution in [3.05, 3.63) is 69.3 Å². The Labute approximate surface area is 139 Å². The van der Waals surface area contributed by atoms with Gasteiger partial charge in [-0.2, -0.15) is 8.78 Å². The van der Waals surface area contributed by atoms with E-state index in [1.807, 2.05) is 0 Å². The van der Waals surface area contributed by atoms with Crippen molar-refractivity contribution in [2.45, 2.75) is 13.2 Å². The second-order valence-corrected chi connectivity index (χ2v) is 5.14. The fourth-order valence-electron chi connectivity index (χ4n) is 2.63. The van der Waals surface area contributed by atoms with Crippen molar-refractivity contribution in [1.29, 1.82) is 0 Å². The summed E-state index contributed by atoms with van der Waals surface area (Å²) in [6.45, 7) is -3.41. The molecule has 0 aromatic heterocycles. The van der Waals surface area contributed by atoms with E-state index in [1.165, 1.54) is 36.4 Å². The van der Waals surface area contributed by atoms with Gasteiger partial charge in [0.1, 0.15) is 11.3 Å². The average molecular weight is 348 g/mol. The predicted molar refractivity (Wildman–Crippen MR) is 80.4 cm³/mol. The van der Waals surface area contributed by atoms with Crippen molar-refractivity contribution in [2.24, 2.45) is 0 Å². The molecule has 0 atom stereocenters. The zero-order chi connectivity index (χ0) is 18.1. The lowest BCUT2D eigenvalue weighted by Gasteiger charge is -2.16. The van der Waals surface area contributed by atoms with E-state index < -0.39 is 29.0 Å². The van der Waals surface area contributed by atoms with Gasteiger partial charge in [0.25, 0.3) is 17.5 Å². The number of ether oxygens (including phenoxy) is 1. The summed E-state index contributed by atoms with van der Waals surface area (Å²) >= 11 is 0. The number of amides is 2. The molecule has 7 nitrogen and oxygen atoms in total. The Kier molecular flexibility index (Phi) is 4.14. The van der Waals surface area contributed by atoms with Gasteiger partial charge in [-0.1, -0.05) is 24.3 Å². The maximum absolute atomic E-state index is 12.5. The summed E-state index contributed by atoms with van der Waals surface area (Å²) in [5.74, 6) is -1.75. The third kappa shape index (κ3) is 2.91. The minimum Gasteiger partial charge on any atom is -0.434 e. The fourth-order valence-corrected chi connectivity index (χ4v) is 2.63. The SMILES string of the molecule is O=C1c2cccc([N+](=O)[O-])c2C(=O)N1Cc1ccccc1OC(F)F. The molecule has 0 unspecified atom stereocenters. The number of hydrogen-bond acceptors (Lipinski definition) is 5. The summed E-state index contributed by atoms with van der Waals surface area (Å²) in [5, 5.41) is 11.1. The molecule has 9 heteroatoms. The normalized spacial score (nSPS) is 13.3. The van der Waals surface area contributed by atoms with Crippen molar-refractivity contribution < 1.29 is 28.0 Å². The zero-order valence-corrected chi connectivity index (χ0v) is 12.5. The van der Waals surface area contributed by atoms with Gasteiger partial charge in [-0.15, -0.1) is 0 Å². The summed E-state index contributed by atoms with van der Waals surface area (Å²) in [5.41, 5.74) is -0.688. The van der Waals surface area contributed by atoms with E-state index in [4.69, 9.17) is 0 Å². The Bertz CT molecular complexity index is 885. The van der Waals surface area contributed by atoms with E-state index in [0.717, 1.165) is 11.0 Å². The van der Waals surface area contributed by atoms with E-state index in [-0.39, 0.29) is 29.0 Å². The van der Waals surface area contributed by atoms with Crippen LogP contribution in [0.3, 0.4) is 0 Å². The fraction of sp³-hybridized carbons (Fsp3) is 0.125. The third-order valence-electron chi connectivity index (χ3n) is 3.69. The number of rotatable bonds is 5. The zero-order valence-electron chi connectivity index (χ0n) is 12.5. The summed E-state index contributed by atoms with van der Waals surface area (Å²) in [7, 11) is 0. The molecular weight excluding hydrogens is 338 g/mol. The molecule has 2 aromatic carbocycles. The molecule has 1 aliphatic rings. The van der Waals surface area contributed by atoms with Gasteiger partial charge in [0, 0.05) is 11.6 Å². The van der Waals surface area contributed by atoms with Gasteiger partial charge in [-0.25, -0.2) is 0 Å². The molecule has 1 heterocycles. The maximum Gasteiger partial charge on any atom is 0.387 e. The minimum atomic E-state index is -3.07. The molecule has 2 amide bonds. The number of imide groups is 1. The van der Waals surface area contributed by atoms with Crippen molar-refractivity contribution in [3.63, 3.8) is 0 Å². The summed E-state index contributed by atoms with van der Waals surface area (Å²) in [6, 6.07) is 9.45. The average Bonchev–Trinajstić information content (AvgIpc) is 2.81. The van der Waals surface area contributed by atoms with Gasteiger partial charge in [0.2, 0.25) is 0 Å². The number of nitro groups is 1. The molecule has 0 saturated heterocycles. The van der Waals surface area contributed by atoms with Gasteiger partial charge >= 0.3 is 6.61 Å². The third-order valence-corrected chi connectivity index (χ3v) is 3.69. The molecule has 1 aliphatic heterocycles. The number of alkyl halides is 2. The maximum atomic E-state index is 12.5. The highest BCUT2D eigenvalue weighted by Crippen LogP contribution is 2.33. The van der Waals surface area contributed by atoms with Gasteiger partial charge in [-0.05, 0) is 12.1 Å². The summed E-state index contributed by atoms with van der Waals surface area (Å²) < 4.78 is 29.3. The summed E-state index contributed by atoms with van der Waals surface area (Å²) in [6.07, 6.45) is 0. The quantitative estimate of drug-likeness (QED) is 0.471. The monoisotopic (exact) mass is 348 g/mol. The first kappa shape index (κ1) is 16.5. The van der Waals surface area contributed by atoms with E-state index in [1.54, 1.807) is 0 Å². The van der Waals surface area contributed by atoms with Crippen LogP contribution in [0.1, 0.15) is 26.3 Å². The largest absolute Gasteiger partial charge is 0.434 e. The van der Waals surface area contributed by atoms with Gasteiger partial charge < -0.3 is 4.74 Å². The van der Waals surface area contributed by atoms with Crippen molar-refractivity contribution in [2.75, 3.05) is 0 Å². The lowest BCUT2D eigenvalue weighted by molar-refractivity contribution is -0.385. The smallest absolute Gasteiger partial charge is 0.387 e. The van der Waals surface area contributed by atoms with Crippen molar-refractivity contribution >= 4 is 17.5 Å². The number of carbonyl (C=O) groups excluding carboxylic acids is 2. The van der Waals surface area contributed by atoms with Gasteiger partial charge in [-0.3, -0.25) is 24.6 Å². The molecule has 0 spiro atoms. The molecule has 25 heavy (non-hydrogen) atoms. The van der Waals surface area contributed by atoms with E-state index in [9.17, 15) is 28.5 Å². The number of halogens is 2. The second-order valence-electron chi connectivity index (χ2n) is 5.14. The Morgan fingerprint density at radius 1 is 1.08 bits per heavy atom. The molecular formula is C16H10F2N2O5. The molecule has 2 aromatic rings. The Morgan fingerprint density at radius 2 is 1.80 bits per heavy atom. The van der Waals surface area contributed by atoms with E-state index in [0.29, 0.717) is 0 Å². The molecule has 0 aliphatic carbocycles. The Morgan fingerprint density at radius 3 is 2.48 bits per heavy atom. The topological polar surface area (TPSA) is 89.8 Å². The van der Waals surface area contributed by atoms with Crippen molar-refractivity contribution in [1.82, 2.24) is 4.90 Å². The van der Waals surface area contributed by atoms with Crippen LogP contribution in [0.5, 0.6) is 5.75 Å². The summed E-state index contributed by atoms with van der Waals surface area (Å²) in [4.78, 5) is 36.0. The molecule has 0 radical (unpaired) electrons. The van der Waals surface area contributed by atoms with Crippen LogP contribution in [0.4, 0.5) is 14.5 Å². The van der Waals surface area contributed by atoms with Crippen molar-refractivity contribution in [3.8, 4) is 5.75 Å². The predicted octanol–water partition coefficient (Wildman–Crippen LogP) is 2.99. The van der Waals surface area contributed by atoms with Crippen LogP contribution in [0.2, 0.25) is 0 Å². The highest BCUT2D eigenvalue weighted by molar-refractivity contribution is 6.23. The van der Waals surface area contributed by atoms with Crippen LogP contribution in [0.15, 0.2) is 42.5 Å². The number of fused-ring (bicyclic) bond motifs is 1. The molecule has 0 saturated carbocycles. The van der Waals surface area contributed by atoms with Crippen LogP contribution in [0, 0.1) is 10.1 Å². The minimum absolute atomic E-state index is 0.0912. The van der Waals surface area contributed by atoms with Crippen LogP contribution in [0.25, 0.3) is 0 Å². The first-order valence-corrected chi connectivity index (χ1v) is 7.06. The highest BCUT2D eigenvalue weighted by atomic mass is 19.3. The number of nitrogens with zero attached hydrogens (tertiary/aromatic N) is 2. The molecule has 0 N–H and O–H groups in total. The molecule has 0 fully saturated rings. The first-order valence-electron chi connectivity index (χ1n) is 7.06. The Balaban J connectivity index is 1.96. The Hall–Kier alpha value is -3.36. The standard InChI is InChI=1S/C16H10F2N2O5/c17-16(18)25-12-7-2-1-4-9(12)8-19-14(21)10-5-3-6-11(20(23)24)13(10)15(19)22/h1-7,16H,8H2. The van der Waals surface area contributed by atoms with Crippen LogP contribution in [-0.2, 0) is 6.54 Å². The number of carbonyl (C=O) groups is 2. The van der Waals surface area contributed by atoms with E-state index >= 15 is 0 Å². The lowest BCUT2D eigenvalue weighted by Crippen LogP contribution is -2.29. The lowest BCUT2D eigenvalue weighted by atomic mass is 10.1. The van der Waals surface area contributed by atoms with Gasteiger partial charge in [0.15, 0.2) is 0 Å². The first-order chi connectivity index (χ1) is 11.9. The van der Waals surface area contributed by atoms with Crippen LogP contribution >= 0.6 is 0 Å². The molecule has 3 rings (SSSR count). The number of para-hydroxylation sites is 1. The van der Waals surface area contributed by atoms with Gasteiger partial charge in [0.05, 0.1) is 17.0 Å². The molecule has 128 valence electrons. The number of nitro benzene ring substituents is 1.